The van der Waals surface area contributed by atoms with Crippen molar-refractivity contribution in [3.8, 4) is 0 Å². The second-order valence-electron chi connectivity index (χ2n) is 4.04. The number of thiazole rings is 1. The van der Waals surface area contributed by atoms with Crippen LogP contribution in [0.5, 0.6) is 0 Å². The molecule has 1 unspecified atom stereocenters. The van der Waals surface area contributed by atoms with Gasteiger partial charge in [-0.3, -0.25) is 15.1 Å². The highest BCUT2D eigenvalue weighted by molar-refractivity contribution is 7.09. The van der Waals surface area contributed by atoms with E-state index in [1.54, 1.807) is 16.8 Å². The molecule has 1 N–H and O–H groups in total. The predicted molar refractivity (Wildman–Crippen MR) is 64.3 cm³/mol. The number of hydrogen-bond donors (Lipinski definition) is 1. The van der Waals surface area contributed by atoms with Crippen LogP contribution in [0.15, 0.2) is 11.7 Å². The van der Waals surface area contributed by atoms with Crippen molar-refractivity contribution in [3.63, 3.8) is 0 Å². The number of esters is 1. The van der Waals surface area contributed by atoms with Crippen molar-refractivity contribution in [2.75, 3.05) is 7.11 Å². The van der Waals surface area contributed by atoms with Crippen molar-refractivity contribution in [1.29, 1.82) is 0 Å². The molecular weight excluding hydrogens is 224 g/mol. The predicted octanol–water partition coefficient (Wildman–Crippen LogP) is 1.99. The van der Waals surface area contributed by atoms with E-state index in [1.807, 2.05) is 27.0 Å². The number of nitrogens with zero attached hydrogens (tertiary/aromatic N) is 1. The Morgan fingerprint density at radius 3 is 2.62 bits per heavy atom. The lowest BCUT2D eigenvalue weighted by molar-refractivity contribution is -0.144. The van der Waals surface area contributed by atoms with Crippen LogP contribution >= 0.6 is 11.3 Å². The Morgan fingerprint density at radius 1 is 1.50 bits per heavy atom. The van der Waals surface area contributed by atoms with Crippen LogP contribution in [-0.2, 0) is 9.53 Å². The third kappa shape index (κ3) is 3.28. The van der Waals surface area contributed by atoms with Crippen molar-refractivity contribution >= 4 is 17.3 Å². The van der Waals surface area contributed by atoms with Crippen molar-refractivity contribution < 1.29 is 9.53 Å². The molecule has 5 heteroatoms. The van der Waals surface area contributed by atoms with E-state index >= 15 is 0 Å². The van der Waals surface area contributed by atoms with Crippen LogP contribution in [0.4, 0.5) is 0 Å². The highest BCUT2D eigenvalue weighted by Gasteiger charge is 2.25. The van der Waals surface area contributed by atoms with E-state index < -0.39 is 0 Å². The number of rotatable bonds is 5. The third-order valence-corrected chi connectivity index (χ3v) is 3.39. The van der Waals surface area contributed by atoms with Crippen LogP contribution in [0, 0.1) is 5.92 Å². The van der Waals surface area contributed by atoms with E-state index in [4.69, 9.17) is 4.74 Å². The van der Waals surface area contributed by atoms with E-state index in [2.05, 4.69) is 10.3 Å². The summed E-state index contributed by atoms with van der Waals surface area (Å²) in [6, 6.07) is -0.166. The van der Waals surface area contributed by atoms with Gasteiger partial charge in [0.25, 0.3) is 0 Å². The van der Waals surface area contributed by atoms with Gasteiger partial charge in [-0.1, -0.05) is 13.8 Å². The molecule has 1 heterocycles. The lowest BCUT2D eigenvalue weighted by Gasteiger charge is -2.23. The molecule has 0 aromatic carbocycles. The molecule has 0 spiro atoms. The largest absolute Gasteiger partial charge is 0.468 e. The molecule has 0 fully saturated rings. The topological polar surface area (TPSA) is 51.2 Å². The summed E-state index contributed by atoms with van der Waals surface area (Å²) in [6.45, 7) is 6.01. The van der Waals surface area contributed by atoms with Gasteiger partial charge in [0.1, 0.15) is 6.04 Å². The van der Waals surface area contributed by atoms with E-state index in [0.717, 1.165) is 4.88 Å². The number of methoxy groups -OCH3 is 1. The molecule has 0 saturated heterocycles. The highest BCUT2D eigenvalue weighted by Crippen LogP contribution is 2.18. The summed E-state index contributed by atoms with van der Waals surface area (Å²) in [7, 11) is 1.41. The first-order chi connectivity index (χ1) is 7.56. The van der Waals surface area contributed by atoms with Crippen LogP contribution < -0.4 is 5.32 Å². The minimum absolute atomic E-state index is 0.110. The van der Waals surface area contributed by atoms with E-state index in [-0.39, 0.29) is 24.0 Å². The third-order valence-electron chi connectivity index (χ3n) is 2.43. The van der Waals surface area contributed by atoms with Crippen molar-refractivity contribution in [1.82, 2.24) is 10.3 Å². The maximum atomic E-state index is 11.6. The van der Waals surface area contributed by atoms with Crippen molar-refractivity contribution in [2.24, 2.45) is 5.92 Å². The minimum atomic E-state index is -0.276. The molecule has 1 aromatic rings. The Kier molecular flexibility index (Phi) is 4.89. The Labute approximate surface area is 100 Å². The molecule has 2 atom stereocenters. The Morgan fingerprint density at radius 2 is 2.19 bits per heavy atom. The average Bonchev–Trinajstić information content (AvgIpc) is 2.77. The molecular formula is C11H18N2O2S. The molecule has 0 amide bonds. The zero-order valence-electron chi connectivity index (χ0n) is 10.1. The maximum absolute atomic E-state index is 11.6. The first-order valence-corrected chi connectivity index (χ1v) is 6.16. The normalized spacial score (nSPS) is 14.8. The lowest BCUT2D eigenvalue weighted by Crippen LogP contribution is -2.42. The van der Waals surface area contributed by atoms with Gasteiger partial charge < -0.3 is 4.74 Å². The second-order valence-corrected chi connectivity index (χ2v) is 4.95. The number of nitrogens with one attached hydrogen (secondary N) is 1. The van der Waals surface area contributed by atoms with Gasteiger partial charge in [0.2, 0.25) is 0 Å². The van der Waals surface area contributed by atoms with Crippen LogP contribution in [0.1, 0.15) is 31.7 Å². The average molecular weight is 242 g/mol. The molecule has 0 saturated carbocycles. The molecule has 16 heavy (non-hydrogen) atoms. The molecule has 90 valence electrons. The fourth-order valence-corrected chi connectivity index (χ4v) is 2.09. The summed E-state index contributed by atoms with van der Waals surface area (Å²) in [6.07, 6.45) is 1.82. The Balaban J connectivity index is 2.65. The zero-order valence-corrected chi connectivity index (χ0v) is 10.9. The van der Waals surface area contributed by atoms with Gasteiger partial charge in [-0.05, 0) is 12.8 Å². The first kappa shape index (κ1) is 13.1. The minimum Gasteiger partial charge on any atom is -0.468 e. The maximum Gasteiger partial charge on any atom is 0.323 e. The zero-order chi connectivity index (χ0) is 12.1. The number of ether oxygens (including phenoxy) is 1. The summed E-state index contributed by atoms with van der Waals surface area (Å²) >= 11 is 1.58. The van der Waals surface area contributed by atoms with Crippen molar-refractivity contribution in [3.05, 3.63) is 16.6 Å². The number of aromatic nitrogens is 1. The second kappa shape index (κ2) is 5.96. The smallest absolute Gasteiger partial charge is 0.323 e. The highest BCUT2D eigenvalue weighted by atomic mass is 32.1. The van der Waals surface area contributed by atoms with E-state index in [9.17, 15) is 4.79 Å². The fourth-order valence-electron chi connectivity index (χ4n) is 1.45. The fraction of sp³-hybridized carbons (Fsp3) is 0.636. The van der Waals surface area contributed by atoms with E-state index in [0.29, 0.717) is 0 Å². The quantitative estimate of drug-likeness (QED) is 0.802. The van der Waals surface area contributed by atoms with Crippen molar-refractivity contribution in [2.45, 2.75) is 32.9 Å². The summed E-state index contributed by atoms with van der Waals surface area (Å²) < 4.78 is 4.78. The molecule has 0 aliphatic rings. The Bertz CT molecular complexity index is 325. The molecule has 0 aliphatic heterocycles. The van der Waals surface area contributed by atoms with Crippen LogP contribution in [0.3, 0.4) is 0 Å². The SMILES string of the molecule is COC(=O)[C@@H](NC(C)c1cncs1)C(C)C. The van der Waals surface area contributed by atoms with Gasteiger partial charge in [-0.15, -0.1) is 11.3 Å². The van der Waals surface area contributed by atoms with Gasteiger partial charge in [-0.25, -0.2) is 0 Å². The van der Waals surface area contributed by atoms with Crippen LogP contribution in [0.25, 0.3) is 0 Å². The molecule has 0 bridgehead atoms. The van der Waals surface area contributed by atoms with Crippen LogP contribution in [-0.4, -0.2) is 24.1 Å². The van der Waals surface area contributed by atoms with Gasteiger partial charge in [0, 0.05) is 17.1 Å². The Hall–Kier alpha value is -0.940. The van der Waals surface area contributed by atoms with Gasteiger partial charge >= 0.3 is 5.97 Å². The summed E-state index contributed by atoms with van der Waals surface area (Å²) in [5.41, 5.74) is 1.79. The summed E-state index contributed by atoms with van der Waals surface area (Å²) in [4.78, 5) is 16.7. The summed E-state index contributed by atoms with van der Waals surface area (Å²) in [5.74, 6) is -0.0193. The number of carbonyl (C=O) groups excluding carboxylic acids is 1. The van der Waals surface area contributed by atoms with Gasteiger partial charge in [0.05, 0.1) is 12.6 Å². The molecule has 0 radical (unpaired) electrons. The van der Waals surface area contributed by atoms with Gasteiger partial charge in [0.15, 0.2) is 0 Å². The molecule has 0 aliphatic carbocycles. The molecule has 1 rings (SSSR count). The molecule has 4 nitrogen and oxygen atoms in total. The van der Waals surface area contributed by atoms with Gasteiger partial charge in [-0.2, -0.15) is 0 Å². The summed E-state index contributed by atoms with van der Waals surface area (Å²) in [5, 5.41) is 3.27. The van der Waals surface area contributed by atoms with Crippen LogP contribution in [0.2, 0.25) is 0 Å². The first-order valence-electron chi connectivity index (χ1n) is 5.28. The van der Waals surface area contributed by atoms with E-state index in [1.165, 1.54) is 7.11 Å². The molecule has 1 aromatic heterocycles. The monoisotopic (exact) mass is 242 g/mol. The standard InChI is InChI=1S/C11H18N2O2S/c1-7(2)10(11(14)15-4)13-8(3)9-5-12-6-16-9/h5-8,10,13H,1-4H3/t8?,10-/m0/s1. The number of carbonyl (C=O) groups is 1. The lowest BCUT2D eigenvalue weighted by atomic mass is 10.0. The number of hydrogen-bond acceptors (Lipinski definition) is 5.